The van der Waals surface area contributed by atoms with Crippen LogP contribution in [0.15, 0.2) is 45.3 Å². The molecule has 0 aromatic heterocycles. The van der Waals surface area contributed by atoms with Crippen LogP contribution in [-0.2, 0) is 6.54 Å². The van der Waals surface area contributed by atoms with E-state index in [1.165, 1.54) is 6.07 Å². The van der Waals surface area contributed by atoms with Gasteiger partial charge in [-0.2, -0.15) is 0 Å². The minimum absolute atomic E-state index is 0.263. The lowest BCUT2D eigenvalue weighted by molar-refractivity contribution is 0.416. The van der Waals surface area contributed by atoms with Crippen molar-refractivity contribution in [1.82, 2.24) is 0 Å². The minimum atomic E-state index is -0.263. The van der Waals surface area contributed by atoms with Crippen LogP contribution in [0.3, 0.4) is 0 Å². The number of rotatable bonds is 4. The number of nitrogens with one attached hydrogen (secondary N) is 1. The molecule has 100 valence electrons. The summed E-state index contributed by atoms with van der Waals surface area (Å²) >= 11 is 6.66. The van der Waals surface area contributed by atoms with Crippen LogP contribution in [0.2, 0.25) is 0 Å². The van der Waals surface area contributed by atoms with E-state index >= 15 is 0 Å². The van der Waals surface area contributed by atoms with Crippen LogP contribution in [0.1, 0.15) is 5.56 Å². The highest BCUT2D eigenvalue weighted by Crippen LogP contribution is 2.29. The zero-order valence-corrected chi connectivity index (χ0v) is 13.4. The second kappa shape index (κ2) is 6.39. The highest BCUT2D eigenvalue weighted by atomic mass is 79.9. The topological polar surface area (TPSA) is 21.3 Å². The van der Waals surface area contributed by atoms with Crippen LogP contribution in [0.25, 0.3) is 0 Å². The van der Waals surface area contributed by atoms with Crippen molar-refractivity contribution in [3.8, 4) is 5.75 Å². The lowest BCUT2D eigenvalue weighted by atomic mass is 10.2. The summed E-state index contributed by atoms with van der Waals surface area (Å²) in [5.41, 5.74) is 1.70. The summed E-state index contributed by atoms with van der Waals surface area (Å²) in [5, 5.41) is 3.24. The molecule has 19 heavy (non-hydrogen) atoms. The number of ether oxygens (including phenoxy) is 1. The van der Waals surface area contributed by atoms with E-state index in [1.807, 2.05) is 24.3 Å². The zero-order valence-electron chi connectivity index (χ0n) is 10.2. The predicted molar refractivity (Wildman–Crippen MR) is 82.1 cm³/mol. The summed E-state index contributed by atoms with van der Waals surface area (Å²) in [6.45, 7) is 0.505. The maximum Gasteiger partial charge on any atom is 0.142 e. The van der Waals surface area contributed by atoms with Crippen LogP contribution in [-0.4, -0.2) is 7.11 Å². The summed E-state index contributed by atoms with van der Waals surface area (Å²) in [4.78, 5) is 0. The Bertz CT molecular complexity index is 590. The molecular weight excluding hydrogens is 377 g/mol. The quantitative estimate of drug-likeness (QED) is 0.798. The molecule has 0 saturated heterocycles. The fourth-order valence-corrected chi connectivity index (χ4v) is 2.46. The Hall–Kier alpha value is -1.07. The van der Waals surface area contributed by atoms with E-state index in [9.17, 15) is 4.39 Å². The molecule has 0 aliphatic rings. The van der Waals surface area contributed by atoms with Gasteiger partial charge < -0.3 is 10.1 Å². The smallest absolute Gasteiger partial charge is 0.142 e. The molecule has 0 fully saturated rings. The molecule has 0 amide bonds. The average Bonchev–Trinajstić information content (AvgIpc) is 2.40. The van der Waals surface area contributed by atoms with Crippen LogP contribution in [0.5, 0.6) is 5.75 Å². The first-order valence-electron chi connectivity index (χ1n) is 5.62. The Kier molecular flexibility index (Phi) is 4.82. The second-order valence-corrected chi connectivity index (χ2v) is 5.62. The van der Waals surface area contributed by atoms with Gasteiger partial charge in [0, 0.05) is 11.0 Å². The average molecular weight is 389 g/mol. The first-order chi connectivity index (χ1) is 9.11. The first-order valence-corrected chi connectivity index (χ1v) is 7.20. The number of methoxy groups -OCH3 is 1. The van der Waals surface area contributed by atoms with Crippen molar-refractivity contribution in [2.24, 2.45) is 0 Å². The van der Waals surface area contributed by atoms with Gasteiger partial charge in [0.15, 0.2) is 0 Å². The molecule has 0 spiro atoms. The Morgan fingerprint density at radius 1 is 1.21 bits per heavy atom. The molecule has 2 nitrogen and oxygen atoms in total. The molecule has 0 atom stereocenters. The Balaban J connectivity index is 2.18. The number of hydrogen-bond acceptors (Lipinski definition) is 2. The molecule has 0 aliphatic heterocycles. The van der Waals surface area contributed by atoms with E-state index in [0.717, 1.165) is 21.5 Å². The molecule has 1 N–H and O–H groups in total. The van der Waals surface area contributed by atoms with Crippen LogP contribution < -0.4 is 10.1 Å². The number of hydrogen-bond donors (Lipinski definition) is 1. The third kappa shape index (κ3) is 3.48. The van der Waals surface area contributed by atoms with Gasteiger partial charge in [0.2, 0.25) is 0 Å². The molecule has 0 unspecified atom stereocenters. The summed E-state index contributed by atoms with van der Waals surface area (Å²) in [5.74, 6) is 0.483. The third-order valence-corrected chi connectivity index (χ3v) is 4.04. The largest absolute Gasteiger partial charge is 0.495 e. The second-order valence-electron chi connectivity index (χ2n) is 3.91. The Morgan fingerprint density at radius 3 is 2.74 bits per heavy atom. The lowest BCUT2D eigenvalue weighted by Gasteiger charge is -2.12. The van der Waals surface area contributed by atoms with Gasteiger partial charge in [-0.1, -0.05) is 28.1 Å². The molecule has 0 radical (unpaired) electrons. The van der Waals surface area contributed by atoms with Gasteiger partial charge in [-0.3, -0.25) is 0 Å². The monoisotopic (exact) mass is 387 g/mol. The molecule has 0 saturated carbocycles. The predicted octanol–water partition coefficient (Wildman–Crippen LogP) is 4.97. The van der Waals surface area contributed by atoms with Gasteiger partial charge in [0.05, 0.1) is 17.3 Å². The molecule has 0 bridgehead atoms. The molecule has 2 aromatic rings. The van der Waals surface area contributed by atoms with Crippen LogP contribution in [0, 0.1) is 5.82 Å². The van der Waals surface area contributed by atoms with Crippen molar-refractivity contribution in [1.29, 1.82) is 0 Å². The highest BCUT2D eigenvalue weighted by Gasteiger charge is 2.07. The van der Waals surface area contributed by atoms with Gasteiger partial charge in [-0.25, -0.2) is 4.39 Å². The van der Waals surface area contributed by atoms with Gasteiger partial charge in [0.25, 0.3) is 0 Å². The molecule has 2 rings (SSSR count). The maximum atomic E-state index is 13.4. The SMILES string of the molecule is COc1ccc(Br)cc1NCc1cccc(F)c1Br. The molecule has 2 aromatic carbocycles. The Labute approximate surface area is 128 Å². The van der Waals surface area contributed by atoms with Crippen LogP contribution in [0.4, 0.5) is 10.1 Å². The van der Waals surface area contributed by atoms with E-state index in [1.54, 1.807) is 13.2 Å². The Morgan fingerprint density at radius 2 is 2.00 bits per heavy atom. The van der Waals surface area contributed by atoms with Crippen LogP contribution >= 0.6 is 31.9 Å². The zero-order chi connectivity index (χ0) is 13.8. The van der Waals surface area contributed by atoms with Crippen molar-refractivity contribution < 1.29 is 9.13 Å². The van der Waals surface area contributed by atoms with Gasteiger partial charge in [0.1, 0.15) is 11.6 Å². The molecule has 5 heteroatoms. The van der Waals surface area contributed by atoms with E-state index in [-0.39, 0.29) is 5.82 Å². The molecule has 0 aliphatic carbocycles. The van der Waals surface area contributed by atoms with E-state index < -0.39 is 0 Å². The molecule has 0 heterocycles. The number of anilines is 1. The van der Waals surface area contributed by atoms with Gasteiger partial charge in [-0.05, 0) is 45.8 Å². The minimum Gasteiger partial charge on any atom is -0.495 e. The van der Waals surface area contributed by atoms with Gasteiger partial charge >= 0.3 is 0 Å². The number of halogens is 3. The van der Waals surface area contributed by atoms with E-state index in [4.69, 9.17) is 4.74 Å². The summed E-state index contributed by atoms with van der Waals surface area (Å²) in [7, 11) is 1.62. The standard InChI is InChI=1S/C14H12Br2FNO/c1-19-13-6-5-10(15)7-12(13)18-8-9-3-2-4-11(17)14(9)16/h2-7,18H,8H2,1H3. The van der Waals surface area contributed by atoms with Crippen molar-refractivity contribution in [3.63, 3.8) is 0 Å². The summed E-state index contributed by atoms with van der Waals surface area (Å²) < 4.78 is 20.1. The van der Waals surface area contributed by atoms with E-state index in [2.05, 4.69) is 37.2 Å². The normalized spacial score (nSPS) is 10.3. The number of benzene rings is 2. The first kappa shape index (κ1) is 14.3. The fourth-order valence-electron chi connectivity index (χ4n) is 1.69. The van der Waals surface area contributed by atoms with Crippen molar-refractivity contribution in [3.05, 3.63) is 56.7 Å². The van der Waals surface area contributed by atoms with Gasteiger partial charge in [-0.15, -0.1) is 0 Å². The van der Waals surface area contributed by atoms with Crippen molar-refractivity contribution in [2.75, 3.05) is 12.4 Å². The highest BCUT2D eigenvalue weighted by molar-refractivity contribution is 9.10. The summed E-state index contributed by atoms with van der Waals surface area (Å²) in [6.07, 6.45) is 0. The van der Waals surface area contributed by atoms with E-state index in [0.29, 0.717) is 11.0 Å². The third-order valence-electron chi connectivity index (χ3n) is 2.66. The lowest BCUT2D eigenvalue weighted by Crippen LogP contribution is -2.02. The maximum absolute atomic E-state index is 13.4. The fraction of sp³-hybridized carbons (Fsp3) is 0.143. The van der Waals surface area contributed by atoms with Crippen molar-refractivity contribution >= 4 is 37.5 Å². The summed E-state index contributed by atoms with van der Waals surface area (Å²) in [6, 6.07) is 10.7. The van der Waals surface area contributed by atoms with Crippen molar-refractivity contribution in [2.45, 2.75) is 6.54 Å². The molecular formula is C14H12Br2FNO.